The zero-order valence-corrected chi connectivity index (χ0v) is 15.1. The van der Waals surface area contributed by atoms with Crippen LogP contribution in [0.2, 0.25) is 0 Å². The Bertz CT molecular complexity index is 472. The summed E-state index contributed by atoms with van der Waals surface area (Å²) >= 11 is 0. The van der Waals surface area contributed by atoms with Crippen LogP contribution >= 0.6 is 0 Å². The number of hydrogen-bond acceptors (Lipinski definition) is 5. The number of hydrogen-bond donors (Lipinski definition) is 0. The third-order valence-electron chi connectivity index (χ3n) is 6.26. The number of morpholine rings is 1. The second-order valence-electron chi connectivity index (χ2n) is 8.27. The molecule has 0 aromatic heterocycles. The molecule has 4 saturated heterocycles. The Labute approximate surface area is 145 Å². The van der Waals surface area contributed by atoms with E-state index in [9.17, 15) is 4.79 Å². The molecule has 24 heavy (non-hydrogen) atoms. The third-order valence-corrected chi connectivity index (χ3v) is 6.26. The SMILES string of the molecule is CC(C)C(=O)N1C[C@@H]2COCCN2C2(C1)CN(C1CCOCC1)C2. The number of piperazine rings is 1. The Morgan fingerprint density at radius 1 is 1.04 bits per heavy atom. The molecule has 6 heteroatoms. The van der Waals surface area contributed by atoms with Gasteiger partial charge in [0.1, 0.15) is 0 Å². The van der Waals surface area contributed by atoms with Gasteiger partial charge in [-0.05, 0) is 12.8 Å². The normalized spacial score (nSPS) is 32.0. The van der Waals surface area contributed by atoms with E-state index in [1.54, 1.807) is 0 Å². The molecule has 4 aliphatic heterocycles. The van der Waals surface area contributed by atoms with Gasteiger partial charge in [-0.25, -0.2) is 0 Å². The average Bonchev–Trinajstić information content (AvgIpc) is 2.58. The second kappa shape index (κ2) is 6.56. The van der Waals surface area contributed by atoms with E-state index in [2.05, 4.69) is 14.7 Å². The first kappa shape index (κ1) is 16.8. The van der Waals surface area contributed by atoms with Gasteiger partial charge in [-0.2, -0.15) is 0 Å². The fourth-order valence-corrected chi connectivity index (χ4v) is 5.03. The molecule has 4 heterocycles. The molecule has 0 saturated carbocycles. The number of carbonyl (C=O) groups is 1. The van der Waals surface area contributed by atoms with Gasteiger partial charge in [-0.1, -0.05) is 13.8 Å². The Balaban J connectivity index is 1.48. The number of amides is 1. The van der Waals surface area contributed by atoms with E-state index in [0.717, 1.165) is 72.0 Å². The van der Waals surface area contributed by atoms with E-state index < -0.39 is 0 Å². The lowest BCUT2D eigenvalue weighted by molar-refractivity contribution is -0.184. The molecular weight excluding hydrogens is 306 g/mol. The van der Waals surface area contributed by atoms with E-state index in [1.807, 2.05) is 13.8 Å². The zero-order chi connectivity index (χ0) is 16.7. The number of ether oxygens (including phenoxy) is 2. The minimum Gasteiger partial charge on any atom is -0.381 e. The first-order valence-corrected chi connectivity index (χ1v) is 9.54. The van der Waals surface area contributed by atoms with Crippen LogP contribution in [0.25, 0.3) is 0 Å². The van der Waals surface area contributed by atoms with Crippen molar-refractivity contribution in [3.8, 4) is 0 Å². The molecule has 0 N–H and O–H groups in total. The summed E-state index contributed by atoms with van der Waals surface area (Å²) in [7, 11) is 0. The number of fused-ring (bicyclic) bond motifs is 2. The highest BCUT2D eigenvalue weighted by Crippen LogP contribution is 2.38. The van der Waals surface area contributed by atoms with Crippen LogP contribution in [0.15, 0.2) is 0 Å². The lowest BCUT2D eigenvalue weighted by Gasteiger charge is -2.65. The maximum absolute atomic E-state index is 12.6. The standard InChI is InChI=1S/C18H31N3O3/c1-14(2)17(22)19-9-16-10-24-8-5-21(16)18(11-19)12-20(13-18)15-3-6-23-7-4-15/h14-16H,3-13H2,1-2H3/t16-/m1/s1. The minimum atomic E-state index is 0.0739. The smallest absolute Gasteiger partial charge is 0.225 e. The van der Waals surface area contributed by atoms with Crippen LogP contribution in [0, 0.1) is 5.92 Å². The first-order valence-electron chi connectivity index (χ1n) is 9.54. The third kappa shape index (κ3) is 2.87. The predicted octanol–water partition coefficient (Wildman–Crippen LogP) is 0.419. The van der Waals surface area contributed by atoms with Crippen molar-refractivity contribution in [1.82, 2.24) is 14.7 Å². The van der Waals surface area contributed by atoms with Crippen molar-refractivity contribution >= 4 is 5.91 Å². The van der Waals surface area contributed by atoms with Gasteiger partial charge < -0.3 is 14.4 Å². The maximum atomic E-state index is 12.6. The molecule has 1 amide bonds. The lowest BCUT2D eigenvalue weighted by atomic mass is 9.80. The number of likely N-dealkylation sites (tertiary alicyclic amines) is 1. The molecule has 1 spiro atoms. The Morgan fingerprint density at radius 3 is 2.50 bits per heavy atom. The van der Waals surface area contributed by atoms with Crippen LogP contribution in [-0.2, 0) is 14.3 Å². The summed E-state index contributed by atoms with van der Waals surface area (Å²) < 4.78 is 11.2. The summed E-state index contributed by atoms with van der Waals surface area (Å²) in [6, 6.07) is 1.03. The Morgan fingerprint density at radius 2 is 1.79 bits per heavy atom. The monoisotopic (exact) mass is 337 g/mol. The van der Waals surface area contributed by atoms with Crippen LogP contribution in [0.1, 0.15) is 26.7 Å². The summed E-state index contributed by atoms with van der Waals surface area (Å²) in [5.41, 5.74) is 0.148. The van der Waals surface area contributed by atoms with Gasteiger partial charge >= 0.3 is 0 Å². The van der Waals surface area contributed by atoms with Gasteiger partial charge in [0, 0.05) is 57.9 Å². The summed E-state index contributed by atoms with van der Waals surface area (Å²) in [5.74, 6) is 0.369. The summed E-state index contributed by atoms with van der Waals surface area (Å²) in [6.45, 7) is 12.3. The molecule has 0 bridgehead atoms. The summed E-state index contributed by atoms with van der Waals surface area (Å²) in [6.07, 6.45) is 2.30. The van der Waals surface area contributed by atoms with Crippen LogP contribution in [0.5, 0.6) is 0 Å². The van der Waals surface area contributed by atoms with Crippen LogP contribution in [0.4, 0.5) is 0 Å². The highest BCUT2D eigenvalue weighted by Gasteiger charge is 2.56. The topological polar surface area (TPSA) is 45.2 Å². The minimum absolute atomic E-state index is 0.0739. The Hall–Kier alpha value is -0.690. The molecule has 6 nitrogen and oxygen atoms in total. The fourth-order valence-electron chi connectivity index (χ4n) is 5.03. The number of nitrogens with zero attached hydrogens (tertiary/aromatic N) is 3. The first-order chi connectivity index (χ1) is 11.6. The van der Waals surface area contributed by atoms with E-state index in [4.69, 9.17) is 9.47 Å². The van der Waals surface area contributed by atoms with Gasteiger partial charge in [-0.3, -0.25) is 14.6 Å². The molecule has 0 aromatic carbocycles. The predicted molar refractivity (Wildman–Crippen MR) is 90.9 cm³/mol. The molecule has 1 atom stereocenters. The van der Waals surface area contributed by atoms with Crippen molar-refractivity contribution in [3.63, 3.8) is 0 Å². The second-order valence-corrected chi connectivity index (χ2v) is 8.27. The van der Waals surface area contributed by atoms with E-state index >= 15 is 0 Å². The van der Waals surface area contributed by atoms with Crippen molar-refractivity contribution in [2.75, 3.05) is 59.2 Å². The van der Waals surface area contributed by atoms with Crippen LogP contribution in [-0.4, -0.2) is 97.4 Å². The number of rotatable bonds is 2. The lowest BCUT2D eigenvalue weighted by Crippen LogP contribution is -2.82. The number of carbonyl (C=O) groups excluding carboxylic acids is 1. The van der Waals surface area contributed by atoms with Crippen molar-refractivity contribution in [2.45, 2.75) is 44.3 Å². The molecule has 0 aliphatic carbocycles. The molecule has 4 rings (SSSR count). The van der Waals surface area contributed by atoms with Crippen molar-refractivity contribution < 1.29 is 14.3 Å². The Kier molecular flexibility index (Phi) is 4.58. The molecular formula is C18H31N3O3. The van der Waals surface area contributed by atoms with Crippen molar-refractivity contribution in [3.05, 3.63) is 0 Å². The molecule has 0 radical (unpaired) electrons. The molecule has 4 aliphatic rings. The van der Waals surface area contributed by atoms with Crippen LogP contribution < -0.4 is 0 Å². The fraction of sp³-hybridized carbons (Fsp3) is 0.944. The summed E-state index contributed by atoms with van der Waals surface area (Å²) in [4.78, 5) is 20.0. The van der Waals surface area contributed by atoms with Gasteiger partial charge in [0.05, 0.1) is 24.8 Å². The highest BCUT2D eigenvalue weighted by molar-refractivity contribution is 5.78. The van der Waals surface area contributed by atoms with Gasteiger partial charge in [0.15, 0.2) is 0 Å². The van der Waals surface area contributed by atoms with E-state index in [0.29, 0.717) is 18.0 Å². The van der Waals surface area contributed by atoms with Crippen LogP contribution in [0.3, 0.4) is 0 Å². The van der Waals surface area contributed by atoms with Crippen molar-refractivity contribution in [1.29, 1.82) is 0 Å². The zero-order valence-electron chi connectivity index (χ0n) is 15.1. The molecule has 136 valence electrons. The molecule has 0 aromatic rings. The van der Waals surface area contributed by atoms with E-state index in [1.165, 1.54) is 0 Å². The molecule has 4 fully saturated rings. The largest absolute Gasteiger partial charge is 0.381 e. The quantitative estimate of drug-likeness (QED) is 0.731. The van der Waals surface area contributed by atoms with Gasteiger partial charge in [0.25, 0.3) is 0 Å². The maximum Gasteiger partial charge on any atom is 0.225 e. The van der Waals surface area contributed by atoms with Gasteiger partial charge in [0.2, 0.25) is 5.91 Å². The van der Waals surface area contributed by atoms with Crippen molar-refractivity contribution in [2.24, 2.45) is 5.92 Å². The highest BCUT2D eigenvalue weighted by atomic mass is 16.5. The molecule has 0 unspecified atom stereocenters. The average molecular weight is 337 g/mol. The summed E-state index contributed by atoms with van der Waals surface area (Å²) in [5, 5.41) is 0. The van der Waals surface area contributed by atoms with E-state index in [-0.39, 0.29) is 11.5 Å². The van der Waals surface area contributed by atoms with Gasteiger partial charge in [-0.15, -0.1) is 0 Å².